The first-order valence-corrected chi connectivity index (χ1v) is 6.57. The summed E-state index contributed by atoms with van der Waals surface area (Å²) < 4.78 is 18.4. The van der Waals surface area contributed by atoms with Crippen molar-refractivity contribution in [1.82, 2.24) is 0 Å². The lowest BCUT2D eigenvalue weighted by Crippen LogP contribution is -2.27. The standard InChI is InChI=1S/C13H13BrFNO3/c1-7-3-9(15)5-10(14)12(7)16-6-8(4-11(16)17)13(18)19-2/h3,5,8H,4,6H2,1-2H3. The van der Waals surface area contributed by atoms with Crippen LogP contribution in [0.3, 0.4) is 0 Å². The molecule has 1 heterocycles. The third-order valence-electron chi connectivity index (χ3n) is 3.15. The van der Waals surface area contributed by atoms with Crippen LogP contribution in [0.15, 0.2) is 16.6 Å². The van der Waals surface area contributed by atoms with Gasteiger partial charge in [-0.25, -0.2) is 4.39 Å². The van der Waals surface area contributed by atoms with Crippen molar-refractivity contribution in [1.29, 1.82) is 0 Å². The number of ether oxygens (including phenoxy) is 1. The predicted octanol–water partition coefficient (Wildman–Crippen LogP) is 2.42. The van der Waals surface area contributed by atoms with E-state index in [0.717, 1.165) is 0 Å². The number of hydrogen-bond donors (Lipinski definition) is 0. The second-order valence-corrected chi connectivity index (χ2v) is 5.34. The minimum absolute atomic E-state index is 0.121. The Labute approximate surface area is 118 Å². The van der Waals surface area contributed by atoms with E-state index >= 15 is 0 Å². The van der Waals surface area contributed by atoms with Gasteiger partial charge in [-0.05, 0) is 40.5 Å². The van der Waals surface area contributed by atoms with Gasteiger partial charge in [0.25, 0.3) is 0 Å². The zero-order valence-corrected chi connectivity index (χ0v) is 12.2. The maximum Gasteiger partial charge on any atom is 0.311 e. The zero-order chi connectivity index (χ0) is 14.2. The highest BCUT2D eigenvalue weighted by Gasteiger charge is 2.37. The first kappa shape index (κ1) is 14.0. The van der Waals surface area contributed by atoms with Crippen LogP contribution in [0.5, 0.6) is 0 Å². The topological polar surface area (TPSA) is 46.6 Å². The Balaban J connectivity index is 2.33. The van der Waals surface area contributed by atoms with Crippen molar-refractivity contribution in [2.45, 2.75) is 13.3 Å². The number of carbonyl (C=O) groups is 2. The Morgan fingerprint density at radius 2 is 2.21 bits per heavy atom. The smallest absolute Gasteiger partial charge is 0.311 e. The summed E-state index contributed by atoms with van der Waals surface area (Å²) in [4.78, 5) is 25.0. The molecule has 19 heavy (non-hydrogen) atoms. The van der Waals surface area contributed by atoms with Crippen LogP contribution in [-0.2, 0) is 14.3 Å². The fraction of sp³-hybridized carbons (Fsp3) is 0.385. The lowest BCUT2D eigenvalue weighted by Gasteiger charge is -2.20. The lowest BCUT2D eigenvalue weighted by molar-refractivity contribution is -0.145. The number of halogens is 2. The van der Waals surface area contributed by atoms with Gasteiger partial charge in [0, 0.05) is 17.4 Å². The molecule has 2 rings (SSSR count). The number of aryl methyl sites for hydroxylation is 1. The molecule has 1 unspecified atom stereocenters. The van der Waals surface area contributed by atoms with Crippen molar-refractivity contribution in [3.63, 3.8) is 0 Å². The second kappa shape index (κ2) is 5.28. The molecule has 1 aromatic rings. The van der Waals surface area contributed by atoms with Crippen LogP contribution in [0.1, 0.15) is 12.0 Å². The number of rotatable bonds is 2. The highest BCUT2D eigenvalue weighted by atomic mass is 79.9. The summed E-state index contributed by atoms with van der Waals surface area (Å²) in [5.74, 6) is -1.39. The summed E-state index contributed by atoms with van der Waals surface area (Å²) >= 11 is 3.26. The molecule has 6 heteroatoms. The van der Waals surface area contributed by atoms with Gasteiger partial charge in [0.15, 0.2) is 0 Å². The number of nitrogens with zero attached hydrogens (tertiary/aromatic N) is 1. The Hall–Kier alpha value is -1.43. The van der Waals surface area contributed by atoms with Crippen LogP contribution < -0.4 is 4.90 Å². The lowest BCUT2D eigenvalue weighted by atomic mass is 10.1. The van der Waals surface area contributed by atoms with Gasteiger partial charge in [-0.3, -0.25) is 9.59 Å². The monoisotopic (exact) mass is 329 g/mol. The molecule has 1 atom stereocenters. The number of amides is 1. The maximum atomic E-state index is 13.2. The molecular weight excluding hydrogens is 317 g/mol. The molecule has 102 valence electrons. The van der Waals surface area contributed by atoms with Gasteiger partial charge in [0.2, 0.25) is 5.91 Å². The molecule has 1 aliphatic rings. The summed E-state index contributed by atoms with van der Waals surface area (Å²) in [7, 11) is 1.30. The Morgan fingerprint density at radius 1 is 1.53 bits per heavy atom. The van der Waals surface area contributed by atoms with E-state index in [-0.39, 0.29) is 24.7 Å². The predicted molar refractivity (Wildman–Crippen MR) is 71.3 cm³/mol. The number of esters is 1. The van der Waals surface area contributed by atoms with E-state index in [1.54, 1.807) is 6.92 Å². The number of methoxy groups -OCH3 is 1. The quantitative estimate of drug-likeness (QED) is 0.783. The third kappa shape index (κ3) is 2.63. The van der Waals surface area contributed by atoms with Crippen LogP contribution in [0.2, 0.25) is 0 Å². The zero-order valence-electron chi connectivity index (χ0n) is 10.6. The fourth-order valence-electron chi connectivity index (χ4n) is 2.28. The molecule has 1 fully saturated rings. The number of anilines is 1. The molecule has 1 saturated heterocycles. The van der Waals surface area contributed by atoms with E-state index in [0.29, 0.717) is 15.7 Å². The van der Waals surface area contributed by atoms with Crippen molar-refractivity contribution in [3.05, 3.63) is 28.0 Å². The van der Waals surface area contributed by atoms with E-state index < -0.39 is 11.9 Å². The average molecular weight is 330 g/mol. The van der Waals surface area contributed by atoms with Crippen molar-refractivity contribution >= 4 is 33.5 Å². The van der Waals surface area contributed by atoms with E-state index in [9.17, 15) is 14.0 Å². The van der Waals surface area contributed by atoms with E-state index in [1.165, 1.54) is 24.1 Å². The summed E-state index contributed by atoms with van der Waals surface area (Å²) in [6.07, 6.45) is 0.121. The third-order valence-corrected chi connectivity index (χ3v) is 3.75. The summed E-state index contributed by atoms with van der Waals surface area (Å²) in [5.41, 5.74) is 1.25. The Kier molecular flexibility index (Phi) is 3.89. The highest BCUT2D eigenvalue weighted by molar-refractivity contribution is 9.10. The van der Waals surface area contributed by atoms with Crippen LogP contribution >= 0.6 is 15.9 Å². The van der Waals surface area contributed by atoms with Crippen LogP contribution in [0, 0.1) is 18.7 Å². The van der Waals surface area contributed by atoms with Gasteiger partial charge in [0.1, 0.15) is 5.82 Å². The largest absolute Gasteiger partial charge is 0.469 e. The average Bonchev–Trinajstić information content (AvgIpc) is 2.69. The minimum atomic E-state index is -0.464. The molecular formula is C13H13BrFNO3. The summed E-state index contributed by atoms with van der Waals surface area (Å²) in [6.45, 7) is 1.98. The highest BCUT2D eigenvalue weighted by Crippen LogP contribution is 2.35. The minimum Gasteiger partial charge on any atom is -0.469 e. The Bertz CT molecular complexity index is 524. The SMILES string of the molecule is COC(=O)C1CC(=O)N(c2c(C)cc(F)cc2Br)C1. The number of carbonyl (C=O) groups excluding carboxylic acids is 2. The van der Waals surface area contributed by atoms with Gasteiger partial charge in [-0.2, -0.15) is 0 Å². The molecule has 1 aromatic carbocycles. The van der Waals surface area contributed by atoms with Crippen molar-refractivity contribution in [2.75, 3.05) is 18.6 Å². The van der Waals surface area contributed by atoms with Gasteiger partial charge >= 0.3 is 5.97 Å². The normalized spacial score (nSPS) is 18.8. The van der Waals surface area contributed by atoms with Crippen LogP contribution in [-0.4, -0.2) is 25.5 Å². The molecule has 0 bridgehead atoms. The van der Waals surface area contributed by atoms with Crippen molar-refractivity contribution in [2.24, 2.45) is 5.92 Å². The molecule has 1 aliphatic heterocycles. The van der Waals surface area contributed by atoms with Gasteiger partial charge in [-0.1, -0.05) is 0 Å². The summed E-state index contributed by atoms with van der Waals surface area (Å²) in [5, 5.41) is 0. The Morgan fingerprint density at radius 3 is 2.79 bits per heavy atom. The summed E-state index contributed by atoms with van der Waals surface area (Å²) in [6, 6.07) is 2.67. The van der Waals surface area contributed by atoms with E-state index in [1.807, 2.05) is 0 Å². The molecule has 0 radical (unpaired) electrons. The van der Waals surface area contributed by atoms with Crippen LogP contribution in [0.25, 0.3) is 0 Å². The first-order chi connectivity index (χ1) is 8.93. The number of benzene rings is 1. The molecule has 4 nitrogen and oxygen atoms in total. The molecule has 0 spiro atoms. The molecule has 0 aromatic heterocycles. The molecule has 0 aliphatic carbocycles. The first-order valence-electron chi connectivity index (χ1n) is 5.78. The molecule has 0 saturated carbocycles. The van der Waals surface area contributed by atoms with Gasteiger partial charge in [0.05, 0.1) is 18.7 Å². The van der Waals surface area contributed by atoms with E-state index in [4.69, 9.17) is 0 Å². The fourth-order valence-corrected chi connectivity index (χ4v) is 3.03. The molecule has 0 N–H and O–H groups in total. The van der Waals surface area contributed by atoms with Gasteiger partial charge in [-0.15, -0.1) is 0 Å². The van der Waals surface area contributed by atoms with Crippen LogP contribution in [0.4, 0.5) is 10.1 Å². The maximum absolute atomic E-state index is 13.2. The molecule has 1 amide bonds. The van der Waals surface area contributed by atoms with Gasteiger partial charge < -0.3 is 9.64 Å². The van der Waals surface area contributed by atoms with Crippen molar-refractivity contribution in [3.8, 4) is 0 Å². The van der Waals surface area contributed by atoms with E-state index in [2.05, 4.69) is 20.7 Å². The van der Waals surface area contributed by atoms with Crippen molar-refractivity contribution < 1.29 is 18.7 Å². The number of hydrogen-bond acceptors (Lipinski definition) is 3. The second-order valence-electron chi connectivity index (χ2n) is 4.48.